The van der Waals surface area contributed by atoms with Crippen molar-refractivity contribution < 1.29 is 14.3 Å². The molecule has 2 rings (SSSR count). The molecule has 0 aliphatic heterocycles. The minimum atomic E-state index is -0.0995. The highest BCUT2D eigenvalue weighted by atomic mass is 16.5. The van der Waals surface area contributed by atoms with Crippen LogP contribution >= 0.6 is 0 Å². The summed E-state index contributed by atoms with van der Waals surface area (Å²) in [7, 11) is 1.61. The summed E-state index contributed by atoms with van der Waals surface area (Å²) in [5.74, 6) is 0.575. The first kappa shape index (κ1) is 12.7. The molecule has 0 saturated carbocycles. The number of carbonyl (C=O) groups excluding carboxylic acids is 1. The molecular weight excluding hydrogens is 230 g/mol. The first-order chi connectivity index (χ1) is 8.65. The Morgan fingerprint density at radius 2 is 2.22 bits per heavy atom. The fourth-order valence-corrected chi connectivity index (χ4v) is 2.44. The Hall–Kier alpha value is -1.71. The van der Waals surface area contributed by atoms with E-state index in [1.165, 1.54) is 5.56 Å². The van der Waals surface area contributed by atoms with E-state index in [4.69, 9.17) is 15.2 Å². The lowest BCUT2D eigenvalue weighted by Crippen LogP contribution is -2.24. The van der Waals surface area contributed by atoms with Gasteiger partial charge in [-0.05, 0) is 49.4 Å². The van der Waals surface area contributed by atoms with Crippen molar-refractivity contribution in [3.05, 3.63) is 23.3 Å². The number of carbonyl (C=O) groups is 1. The van der Waals surface area contributed by atoms with Crippen LogP contribution in [-0.4, -0.2) is 19.7 Å². The second kappa shape index (κ2) is 5.29. The van der Waals surface area contributed by atoms with Crippen molar-refractivity contribution in [1.82, 2.24) is 0 Å². The molecule has 0 aromatic heterocycles. The number of benzene rings is 1. The summed E-state index contributed by atoms with van der Waals surface area (Å²) in [5.41, 5.74) is 8.88. The van der Waals surface area contributed by atoms with Crippen LogP contribution in [0.15, 0.2) is 12.1 Å². The van der Waals surface area contributed by atoms with Crippen molar-refractivity contribution in [3.63, 3.8) is 0 Å². The summed E-state index contributed by atoms with van der Waals surface area (Å²) in [6, 6.07) is 3.89. The maximum Gasteiger partial charge on any atom is 0.309 e. The minimum absolute atomic E-state index is 0.0368. The van der Waals surface area contributed by atoms with E-state index >= 15 is 0 Å². The molecule has 0 radical (unpaired) electrons. The summed E-state index contributed by atoms with van der Waals surface area (Å²) in [5, 5.41) is 0. The highest BCUT2D eigenvalue weighted by Crippen LogP contribution is 2.33. The van der Waals surface area contributed by atoms with Crippen molar-refractivity contribution in [2.45, 2.75) is 26.2 Å². The largest absolute Gasteiger partial charge is 0.495 e. The molecular formula is C14H19NO3. The van der Waals surface area contributed by atoms with Crippen LogP contribution in [0.3, 0.4) is 0 Å². The predicted octanol–water partition coefficient (Wildman–Crippen LogP) is 1.95. The second-order valence-corrected chi connectivity index (χ2v) is 4.55. The zero-order valence-corrected chi connectivity index (χ0v) is 10.9. The summed E-state index contributed by atoms with van der Waals surface area (Å²) in [6.45, 7) is 2.27. The third-order valence-corrected chi connectivity index (χ3v) is 3.40. The third kappa shape index (κ3) is 2.42. The van der Waals surface area contributed by atoms with E-state index in [1.807, 2.05) is 19.1 Å². The van der Waals surface area contributed by atoms with Crippen molar-refractivity contribution >= 4 is 11.7 Å². The van der Waals surface area contributed by atoms with E-state index in [1.54, 1.807) is 7.11 Å². The molecule has 4 nitrogen and oxygen atoms in total. The lowest BCUT2D eigenvalue weighted by atomic mass is 9.83. The molecule has 18 heavy (non-hydrogen) atoms. The van der Waals surface area contributed by atoms with E-state index in [0.717, 1.165) is 18.4 Å². The van der Waals surface area contributed by atoms with Crippen molar-refractivity contribution in [2.24, 2.45) is 5.92 Å². The Morgan fingerprint density at radius 1 is 1.44 bits per heavy atom. The number of hydrogen-bond donors (Lipinski definition) is 1. The maximum absolute atomic E-state index is 11.7. The van der Waals surface area contributed by atoms with Crippen molar-refractivity contribution in [1.29, 1.82) is 0 Å². The molecule has 0 spiro atoms. The maximum atomic E-state index is 11.7. The zero-order valence-electron chi connectivity index (χ0n) is 10.9. The standard InChI is InChI=1S/C14H19NO3/c1-3-18-14(16)10-5-4-9-8-13(17-2)12(15)7-11(9)6-10/h7-8,10H,3-6,15H2,1-2H3. The van der Waals surface area contributed by atoms with Gasteiger partial charge in [-0.25, -0.2) is 0 Å². The number of hydrogen-bond acceptors (Lipinski definition) is 4. The number of anilines is 1. The lowest BCUT2D eigenvalue weighted by Gasteiger charge is -2.24. The molecule has 0 heterocycles. The molecule has 1 atom stereocenters. The fraction of sp³-hybridized carbons (Fsp3) is 0.500. The number of aryl methyl sites for hydroxylation is 1. The van der Waals surface area contributed by atoms with E-state index in [2.05, 4.69) is 0 Å². The van der Waals surface area contributed by atoms with Gasteiger partial charge in [-0.2, -0.15) is 0 Å². The molecule has 1 aliphatic rings. The molecule has 1 aromatic rings. The van der Waals surface area contributed by atoms with Gasteiger partial charge in [-0.15, -0.1) is 0 Å². The van der Waals surface area contributed by atoms with E-state index in [9.17, 15) is 4.79 Å². The van der Waals surface area contributed by atoms with Gasteiger partial charge in [-0.3, -0.25) is 4.79 Å². The van der Waals surface area contributed by atoms with Gasteiger partial charge in [0.25, 0.3) is 0 Å². The molecule has 4 heteroatoms. The monoisotopic (exact) mass is 249 g/mol. The van der Waals surface area contributed by atoms with Gasteiger partial charge < -0.3 is 15.2 Å². The molecule has 0 bridgehead atoms. The van der Waals surface area contributed by atoms with Crippen LogP contribution in [0.25, 0.3) is 0 Å². The number of nitrogens with two attached hydrogens (primary N) is 1. The van der Waals surface area contributed by atoms with Gasteiger partial charge in [0.05, 0.1) is 25.3 Å². The van der Waals surface area contributed by atoms with Crippen LogP contribution in [0, 0.1) is 5.92 Å². The number of ether oxygens (including phenoxy) is 2. The van der Waals surface area contributed by atoms with Crippen molar-refractivity contribution in [3.8, 4) is 5.75 Å². The van der Waals surface area contributed by atoms with E-state index in [0.29, 0.717) is 24.5 Å². The van der Waals surface area contributed by atoms with Crippen molar-refractivity contribution in [2.75, 3.05) is 19.5 Å². The number of nitrogen functional groups attached to an aromatic ring is 1. The minimum Gasteiger partial charge on any atom is -0.495 e. The number of esters is 1. The van der Waals surface area contributed by atoms with Gasteiger partial charge in [0, 0.05) is 0 Å². The first-order valence-electron chi connectivity index (χ1n) is 6.27. The van der Waals surface area contributed by atoms with Crippen LogP contribution in [0.1, 0.15) is 24.5 Å². The average Bonchev–Trinajstić information content (AvgIpc) is 2.37. The molecule has 0 amide bonds. The smallest absolute Gasteiger partial charge is 0.309 e. The highest BCUT2D eigenvalue weighted by Gasteiger charge is 2.26. The Morgan fingerprint density at radius 3 is 2.89 bits per heavy atom. The number of methoxy groups -OCH3 is 1. The first-order valence-corrected chi connectivity index (χ1v) is 6.27. The topological polar surface area (TPSA) is 61.5 Å². The normalized spacial score (nSPS) is 18.0. The molecule has 1 unspecified atom stereocenters. The van der Waals surface area contributed by atoms with E-state index < -0.39 is 0 Å². The Bertz CT molecular complexity index is 457. The average molecular weight is 249 g/mol. The van der Waals surface area contributed by atoms with Crippen LogP contribution < -0.4 is 10.5 Å². The van der Waals surface area contributed by atoms with Crippen LogP contribution in [-0.2, 0) is 22.4 Å². The summed E-state index contributed by atoms with van der Waals surface area (Å²) in [4.78, 5) is 11.7. The SMILES string of the molecule is CCOC(=O)C1CCc2cc(OC)c(N)cc2C1. The second-order valence-electron chi connectivity index (χ2n) is 4.55. The van der Waals surface area contributed by atoms with Gasteiger partial charge in [-0.1, -0.05) is 0 Å². The Kier molecular flexibility index (Phi) is 3.75. The summed E-state index contributed by atoms with van der Waals surface area (Å²) >= 11 is 0. The summed E-state index contributed by atoms with van der Waals surface area (Å²) < 4.78 is 10.3. The molecule has 0 saturated heterocycles. The third-order valence-electron chi connectivity index (χ3n) is 3.40. The van der Waals surface area contributed by atoms with Gasteiger partial charge in [0.2, 0.25) is 0 Å². The molecule has 98 valence electrons. The number of rotatable bonds is 3. The molecule has 2 N–H and O–H groups in total. The zero-order chi connectivity index (χ0) is 13.1. The number of fused-ring (bicyclic) bond motifs is 1. The Labute approximate surface area is 107 Å². The summed E-state index contributed by atoms with van der Waals surface area (Å²) in [6.07, 6.45) is 2.41. The highest BCUT2D eigenvalue weighted by molar-refractivity contribution is 5.73. The molecule has 1 aliphatic carbocycles. The van der Waals surface area contributed by atoms with Crippen LogP contribution in [0.5, 0.6) is 5.75 Å². The van der Waals surface area contributed by atoms with Gasteiger partial charge in [0.1, 0.15) is 5.75 Å². The fourth-order valence-electron chi connectivity index (χ4n) is 2.44. The molecule has 0 fully saturated rings. The predicted molar refractivity (Wildman–Crippen MR) is 69.6 cm³/mol. The molecule has 1 aromatic carbocycles. The van der Waals surface area contributed by atoms with E-state index in [-0.39, 0.29) is 11.9 Å². The lowest BCUT2D eigenvalue weighted by molar-refractivity contribution is -0.148. The van der Waals surface area contributed by atoms with Gasteiger partial charge in [0.15, 0.2) is 0 Å². The van der Waals surface area contributed by atoms with Crippen LogP contribution in [0.2, 0.25) is 0 Å². The quantitative estimate of drug-likeness (QED) is 0.657. The van der Waals surface area contributed by atoms with Crippen LogP contribution in [0.4, 0.5) is 5.69 Å². The van der Waals surface area contributed by atoms with Gasteiger partial charge >= 0.3 is 5.97 Å². The Balaban J connectivity index is 2.19.